The number of benzene rings is 2. The minimum atomic E-state index is -3.74. The van der Waals surface area contributed by atoms with Crippen molar-refractivity contribution in [1.82, 2.24) is 8.61 Å². The van der Waals surface area contributed by atoms with Crippen LogP contribution >= 0.6 is 23.2 Å². The lowest BCUT2D eigenvalue weighted by Gasteiger charge is -2.33. The first-order valence-corrected chi connectivity index (χ1v) is 12.2. The summed E-state index contributed by atoms with van der Waals surface area (Å²) >= 11 is 11.9. The lowest BCUT2D eigenvalue weighted by atomic mass is 10.2. The van der Waals surface area contributed by atoms with E-state index in [2.05, 4.69) is 0 Å². The molecule has 0 unspecified atom stereocenters. The molecule has 1 heterocycles. The van der Waals surface area contributed by atoms with Crippen molar-refractivity contribution in [3.63, 3.8) is 0 Å². The maximum absolute atomic E-state index is 13.0. The van der Waals surface area contributed by atoms with Crippen LogP contribution in [0, 0.1) is 13.8 Å². The van der Waals surface area contributed by atoms with Crippen LogP contribution in [0.4, 0.5) is 0 Å². The highest BCUT2D eigenvalue weighted by Crippen LogP contribution is 2.28. The first-order chi connectivity index (χ1) is 13.0. The molecule has 0 aliphatic carbocycles. The number of aryl methyl sites for hydroxylation is 2. The van der Waals surface area contributed by atoms with Crippen molar-refractivity contribution in [2.24, 2.45) is 0 Å². The summed E-state index contributed by atoms with van der Waals surface area (Å²) in [6, 6.07) is 9.11. The van der Waals surface area contributed by atoms with Crippen molar-refractivity contribution in [1.29, 1.82) is 0 Å². The summed E-state index contributed by atoms with van der Waals surface area (Å²) < 4.78 is 54.2. The molecule has 0 bridgehead atoms. The summed E-state index contributed by atoms with van der Waals surface area (Å²) in [5, 5.41) is 0.957. The Bertz CT molecular complexity index is 1090. The van der Waals surface area contributed by atoms with Gasteiger partial charge in [0, 0.05) is 36.2 Å². The first-order valence-electron chi connectivity index (χ1n) is 8.56. The highest BCUT2D eigenvalue weighted by molar-refractivity contribution is 7.89. The standard InChI is InChI=1S/C18H20Cl2N2O4S2/c1-13-12-18(14(2)11-17(13)20)28(25,26)22-9-7-21(8-10-22)27(23,24)16-5-3-15(19)4-6-16/h3-6,11-12H,7-10H2,1-2H3. The average molecular weight is 463 g/mol. The van der Waals surface area contributed by atoms with Gasteiger partial charge in [0.05, 0.1) is 9.79 Å². The summed E-state index contributed by atoms with van der Waals surface area (Å²) in [6.07, 6.45) is 0. The lowest BCUT2D eigenvalue weighted by molar-refractivity contribution is 0.272. The minimum Gasteiger partial charge on any atom is -0.207 e. The highest BCUT2D eigenvalue weighted by Gasteiger charge is 2.34. The smallest absolute Gasteiger partial charge is 0.207 e. The van der Waals surface area contributed by atoms with E-state index in [1.807, 2.05) is 0 Å². The molecule has 10 heteroatoms. The Morgan fingerprint density at radius 1 is 0.750 bits per heavy atom. The third-order valence-electron chi connectivity index (χ3n) is 4.72. The quantitative estimate of drug-likeness (QED) is 0.698. The molecule has 2 aromatic carbocycles. The van der Waals surface area contributed by atoms with Gasteiger partial charge >= 0.3 is 0 Å². The summed E-state index contributed by atoms with van der Waals surface area (Å²) in [6.45, 7) is 3.76. The SMILES string of the molecule is Cc1cc(S(=O)(=O)N2CCN(S(=O)(=O)c3ccc(Cl)cc3)CC2)c(C)cc1Cl. The number of sulfonamides is 2. The fourth-order valence-electron chi connectivity index (χ4n) is 3.08. The number of halogens is 2. The summed E-state index contributed by atoms with van der Waals surface area (Å²) in [5.41, 5.74) is 1.24. The van der Waals surface area contributed by atoms with E-state index in [-0.39, 0.29) is 36.0 Å². The third-order valence-corrected chi connectivity index (χ3v) is 9.34. The molecular formula is C18H20Cl2N2O4S2. The van der Waals surface area contributed by atoms with Crippen LogP contribution in [0.1, 0.15) is 11.1 Å². The second-order valence-electron chi connectivity index (χ2n) is 6.63. The van der Waals surface area contributed by atoms with Crippen LogP contribution in [0.15, 0.2) is 46.2 Å². The van der Waals surface area contributed by atoms with Gasteiger partial charge in [-0.15, -0.1) is 0 Å². The minimum absolute atomic E-state index is 0.0792. The number of hydrogen-bond donors (Lipinski definition) is 0. The highest BCUT2D eigenvalue weighted by atomic mass is 35.5. The van der Waals surface area contributed by atoms with Gasteiger partial charge in [-0.25, -0.2) is 16.8 Å². The van der Waals surface area contributed by atoms with Crippen LogP contribution in [-0.4, -0.2) is 51.6 Å². The van der Waals surface area contributed by atoms with Crippen molar-refractivity contribution < 1.29 is 16.8 Å². The van der Waals surface area contributed by atoms with E-state index in [9.17, 15) is 16.8 Å². The monoisotopic (exact) mass is 462 g/mol. The molecule has 0 spiro atoms. The van der Waals surface area contributed by atoms with Crippen LogP contribution in [0.5, 0.6) is 0 Å². The molecule has 1 saturated heterocycles. The van der Waals surface area contributed by atoms with Gasteiger partial charge in [0.25, 0.3) is 0 Å². The Morgan fingerprint density at radius 2 is 1.25 bits per heavy atom. The number of hydrogen-bond acceptors (Lipinski definition) is 4. The zero-order valence-electron chi connectivity index (χ0n) is 15.4. The molecule has 2 aromatic rings. The second kappa shape index (κ2) is 7.93. The Morgan fingerprint density at radius 3 is 1.79 bits per heavy atom. The molecule has 0 amide bonds. The normalized spacial score (nSPS) is 17.0. The van der Waals surface area contributed by atoms with Crippen LogP contribution in [-0.2, 0) is 20.0 Å². The Labute approximate surface area is 175 Å². The molecule has 1 aliphatic heterocycles. The van der Waals surface area contributed by atoms with Crippen LogP contribution in [0.25, 0.3) is 0 Å². The van der Waals surface area contributed by atoms with Crippen molar-refractivity contribution in [3.05, 3.63) is 57.6 Å². The zero-order valence-corrected chi connectivity index (χ0v) is 18.5. The molecule has 0 N–H and O–H groups in total. The number of nitrogens with zero attached hydrogens (tertiary/aromatic N) is 2. The molecule has 1 fully saturated rings. The maximum atomic E-state index is 13.0. The van der Waals surface area contributed by atoms with Gasteiger partial charge in [-0.3, -0.25) is 0 Å². The molecule has 152 valence electrons. The molecule has 28 heavy (non-hydrogen) atoms. The van der Waals surface area contributed by atoms with Crippen molar-refractivity contribution in [2.75, 3.05) is 26.2 Å². The molecular weight excluding hydrogens is 443 g/mol. The van der Waals surface area contributed by atoms with Gasteiger partial charge in [0.2, 0.25) is 20.0 Å². The fourth-order valence-corrected chi connectivity index (χ4v) is 6.56. The molecule has 6 nitrogen and oxygen atoms in total. The Kier molecular flexibility index (Phi) is 6.10. The third kappa shape index (κ3) is 4.08. The first kappa shape index (κ1) is 21.5. The molecule has 0 atom stereocenters. The topological polar surface area (TPSA) is 74.8 Å². The number of piperazine rings is 1. The molecule has 0 saturated carbocycles. The van der Waals surface area contributed by atoms with Crippen molar-refractivity contribution in [3.8, 4) is 0 Å². The lowest BCUT2D eigenvalue weighted by Crippen LogP contribution is -2.50. The van der Waals surface area contributed by atoms with Crippen LogP contribution in [0.2, 0.25) is 10.0 Å². The summed E-state index contributed by atoms with van der Waals surface area (Å²) in [5.74, 6) is 0. The summed E-state index contributed by atoms with van der Waals surface area (Å²) in [7, 11) is -7.43. The van der Waals surface area contributed by atoms with E-state index in [0.29, 0.717) is 21.2 Å². The van der Waals surface area contributed by atoms with Crippen molar-refractivity contribution in [2.45, 2.75) is 23.6 Å². The van der Waals surface area contributed by atoms with E-state index in [0.717, 1.165) is 0 Å². The number of rotatable bonds is 4. The summed E-state index contributed by atoms with van der Waals surface area (Å²) in [4.78, 5) is 0.334. The van der Waals surface area contributed by atoms with Crippen LogP contribution < -0.4 is 0 Å². The van der Waals surface area contributed by atoms with Gasteiger partial charge in [0.1, 0.15) is 0 Å². The van der Waals surface area contributed by atoms with Gasteiger partial charge in [-0.05, 0) is 61.4 Å². The fraction of sp³-hybridized carbons (Fsp3) is 0.333. The average Bonchev–Trinajstić information content (AvgIpc) is 2.65. The van der Waals surface area contributed by atoms with E-state index in [1.54, 1.807) is 26.0 Å². The molecule has 3 rings (SSSR count). The van der Waals surface area contributed by atoms with E-state index >= 15 is 0 Å². The van der Waals surface area contributed by atoms with E-state index in [1.165, 1.54) is 32.9 Å². The van der Waals surface area contributed by atoms with E-state index in [4.69, 9.17) is 23.2 Å². The van der Waals surface area contributed by atoms with Gasteiger partial charge in [-0.2, -0.15) is 8.61 Å². The maximum Gasteiger partial charge on any atom is 0.243 e. The predicted molar refractivity (Wildman–Crippen MR) is 110 cm³/mol. The van der Waals surface area contributed by atoms with Crippen LogP contribution in [0.3, 0.4) is 0 Å². The molecule has 0 radical (unpaired) electrons. The molecule has 1 aliphatic rings. The Balaban J connectivity index is 1.80. The predicted octanol–water partition coefficient (Wildman–Crippen LogP) is 3.31. The zero-order chi connectivity index (χ0) is 20.7. The van der Waals surface area contributed by atoms with Gasteiger partial charge < -0.3 is 0 Å². The second-order valence-corrected chi connectivity index (χ2v) is 11.3. The Hall–Kier alpha value is -1.16. The van der Waals surface area contributed by atoms with E-state index < -0.39 is 20.0 Å². The largest absolute Gasteiger partial charge is 0.243 e. The van der Waals surface area contributed by atoms with Gasteiger partial charge in [0.15, 0.2) is 0 Å². The van der Waals surface area contributed by atoms with Crippen molar-refractivity contribution >= 4 is 43.2 Å². The van der Waals surface area contributed by atoms with Gasteiger partial charge in [-0.1, -0.05) is 23.2 Å². The molecule has 0 aromatic heterocycles.